The van der Waals surface area contributed by atoms with Gasteiger partial charge in [-0.15, -0.1) is 0 Å². The number of nitrogens with zero attached hydrogens (tertiary/aromatic N) is 2. The van der Waals surface area contributed by atoms with E-state index in [1.54, 1.807) is 12.4 Å². The van der Waals surface area contributed by atoms with E-state index in [4.69, 9.17) is 5.73 Å². The van der Waals surface area contributed by atoms with Gasteiger partial charge >= 0.3 is 0 Å². The first kappa shape index (κ1) is 11.3. The molecule has 0 aliphatic heterocycles. The Morgan fingerprint density at radius 3 is 2.50 bits per heavy atom. The lowest BCUT2D eigenvalue weighted by molar-refractivity contribution is 0.215. The summed E-state index contributed by atoms with van der Waals surface area (Å²) in [5, 5.41) is 3.30. The van der Waals surface area contributed by atoms with Crippen molar-refractivity contribution in [3.8, 4) is 0 Å². The molecule has 0 spiro atoms. The fourth-order valence-electron chi connectivity index (χ4n) is 2.41. The van der Waals surface area contributed by atoms with E-state index in [0.717, 1.165) is 13.1 Å². The SMILES string of the molecule is NCC1(CNc2ncccn2)CCCCC1. The Balaban J connectivity index is 1.92. The number of aromatic nitrogens is 2. The van der Waals surface area contributed by atoms with Crippen molar-refractivity contribution >= 4 is 5.95 Å². The van der Waals surface area contributed by atoms with Crippen LogP contribution in [0, 0.1) is 5.41 Å². The van der Waals surface area contributed by atoms with Crippen LogP contribution in [0.15, 0.2) is 18.5 Å². The van der Waals surface area contributed by atoms with Gasteiger partial charge in [-0.05, 0) is 30.9 Å². The maximum atomic E-state index is 5.92. The predicted molar refractivity (Wildman–Crippen MR) is 65.1 cm³/mol. The number of rotatable bonds is 4. The second kappa shape index (κ2) is 5.25. The van der Waals surface area contributed by atoms with Crippen molar-refractivity contribution in [3.05, 3.63) is 18.5 Å². The van der Waals surface area contributed by atoms with Crippen molar-refractivity contribution in [2.45, 2.75) is 32.1 Å². The van der Waals surface area contributed by atoms with Crippen LogP contribution in [0.2, 0.25) is 0 Å². The van der Waals surface area contributed by atoms with Crippen molar-refractivity contribution in [1.29, 1.82) is 0 Å². The molecule has 4 nitrogen and oxygen atoms in total. The van der Waals surface area contributed by atoms with E-state index in [1.165, 1.54) is 32.1 Å². The highest BCUT2D eigenvalue weighted by atomic mass is 15.1. The van der Waals surface area contributed by atoms with Gasteiger partial charge in [0.1, 0.15) is 0 Å². The Kier molecular flexibility index (Phi) is 3.72. The average molecular weight is 220 g/mol. The minimum atomic E-state index is 0.261. The van der Waals surface area contributed by atoms with E-state index in [0.29, 0.717) is 5.95 Å². The van der Waals surface area contributed by atoms with Crippen molar-refractivity contribution in [1.82, 2.24) is 9.97 Å². The first-order valence-corrected chi connectivity index (χ1v) is 6.06. The van der Waals surface area contributed by atoms with E-state index in [-0.39, 0.29) is 5.41 Å². The van der Waals surface area contributed by atoms with Crippen LogP contribution in [0.25, 0.3) is 0 Å². The first-order chi connectivity index (χ1) is 7.85. The molecule has 0 atom stereocenters. The van der Waals surface area contributed by atoms with E-state index < -0.39 is 0 Å². The molecule has 1 aromatic heterocycles. The molecule has 0 saturated heterocycles. The Bertz CT molecular complexity index is 306. The van der Waals surface area contributed by atoms with E-state index in [1.807, 2.05) is 6.07 Å². The number of nitrogens with one attached hydrogen (secondary N) is 1. The van der Waals surface area contributed by atoms with Crippen LogP contribution in [0.1, 0.15) is 32.1 Å². The van der Waals surface area contributed by atoms with Crippen molar-refractivity contribution in [3.63, 3.8) is 0 Å². The molecule has 1 aromatic rings. The number of nitrogens with two attached hydrogens (primary N) is 1. The van der Waals surface area contributed by atoms with Gasteiger partial charge in [-0.2, -0.15) is 0 Å². The standard InChI is InChI=1S/C12H20N4/c13-9-12(5-2-1-3-6-12)10-16-11-14-7-4-8-15-11/h4,7-8H,1-3,5-6,9-10,13H2,(H,14,15,16). The Labute approximate surface area is 96.7 Å². The van der Waals surface area contributed by atoms with Crippen LogP contribution in [-0.4, -0.2) is 23.1 Å². The zero-order valence-corrected chi connectivity index (χ0v) is 9.65. The fraction of sp³-hybridized carbons (Fsp3) is 0.667. The van der Waals surface area contributed by atoms with E-state index in [9.17, 15) is 0 Å². The molecule has 1 aliphatic carbocycles. The summed E-state index contributed by atoms with van der Waals surface area (Å²) in [6.07, 6.45) is 9.91. The summed E-state index contributed by atoms with van der Waals surface area (Å²) in [6.45, 7) is 1.65. The van der Waals surface area contributed by atoms with Crippen LogP contribution < -0.4 is 11.1 Å². The maximum absolute atomic E-state index is 5.92. The Morgan fingerprint density at radius 1 is 1.19 bits per heavy atom. The third-order valence-corrected chi connectivity index (χ3v) is 3.53. The third-order valence-electron chi connectivity index (χ3n) is 3.53. The molecule has 2 rings (SSSR count). The summed E-state index contributed by atoms with van der Waals surface area (Å²) in [5.74, 6) is 0.709. The molecular weight excluding hydrogens is 200 g/mol. The molecule has 0 aromatic carbocycles. The lowest BCUT2D eigenvalue weighted by atomic mass is 9.74. The summed E-state index contributed by atoms with van der Waals surface area (Å²) < 4.78 is 0. The average Bonchev–Trinajstić information content (AvgIpc) is 2.39. The van der Waals surface area contributed by atoms with Crippen molar-refractivity contribution in [2.24, 2.45) is 11.1 Å². The highest BCUT2D eigenvalue weighted by molar-refractivity contribution is 5.22. The normalized spacial score (nSPS) is 19.3. The molecular formula is C12H20N4. The topological polar surface area (TPSA) is 63.8 Å². The van der Waals surface area contributed by atoms with Gasteiger partial charge < -0.3 is 11.1 Å². The fourth-order valence-corrected chi connectivity index (χ4v) is 2.41. The molecule has 1 saturated carbocycles. The van der Waals surface area contributed by atoms with Crippen LogP contribution in [0.3, 0.4) is 0 Å². The smallest absolute Gasteiger partial charge is 0.222 e. The van der Waals surface area contributed by atoms with Crippen LogP contribution in [-0.2, 0) is 0 Å². The van der Waals surface area contributed by atoms with Gasteiger partial charge in [0.2, 0.25) is 5.95 Å². The van der Waals surface area contributed by atoms with Crippen molar-refractivity contribution < 1.29 is 0 Å². The Hall–Kier alpha value is -1.16. The molecule has 16 heavy (non-hydrogen) atoms. The Morgan fingerprint density at radius 2 is 1.88 bits per heavy atom. The summed E-state index contributed by atoms with van der Waals surface area (Å²) in [6, 6.07) is 1.82. The van der Waals surface area contributed by atoms with Gasteiger partial charge in [0.15, 0.2) is 0 Å². The monoisotopic (exact) mass is 220 g/mol. The quantitative estimate of drug-likeness (QED) is 0.812. The zero-order chi connectivity index (χ0) is 11.3. The molecule has 4 heteroatoms. The van der Waals surface area contributed by atoms with Gasteiger partial charge in [-0.3, -0.25) is 0 Å². The van der Waals surface area contributed by atoms with Crippen LogP contribution >= 0.6 is 0 Å². The number of hydrogen-bond acceptors (Lipinski definition) is 4. The highest BCUT2D eigenvalue weighted by Crippen LogP contribution is 2.35. The molecule has 1 heterocycles. The molecule has 88 valence electrons. The lowest BCUT2D eigenvalue weighted by Crippen LogP contribution is -2.39. The minimum Gasteiger partial charge on any atom is -0.354 e. The highest BCUT2D eigenvalue weighted by Gasteiger charge is 2.30. The summed E-state index contributed by atoms with van der Waals surface area (Å²) in [4.78, 5) is 8.33. The van der Waals surface area contributed by atoms with Gasteiger partial charge in [0, 0.05) is 18.9 Å². The van der Waals surface area contributed by atoms with Gasteiger partial charge in [-0.1, -0.05) is 19.3 Å². The third kappa shape index (κ3) is 2.70. The van der Waals surface area contributed by atoms with Crippen LogP contribution in [0.4, 0.5) is 5.95 Å². The molecule has 0 amide bonds. The van der Waals surface area contributed by atoms with Crippen molar-refractivity contribution in [2.75, 3.05) is 18.4 Å². The molecule has 1 aliphatic rings. The molecule has 0 unspecified atom stereocenters. The lowest BCUT2D eigenvalue weighted by Gasteiger charge is -2.36. The van der Waals surface area contributed by atoms with Crippen LogP contribution in [0.5, 0.6) is 0 Å². The zero-order valence-electron chi connectivity index (χ0n) is 9.65. The predicted octanol–water partition coefficient (Wildman–Crippen LogP) is 1.80. The van der Waals surface area contributed by atoms with Gasteiger partial charge in [-0.25, -0.2) is 9.97 Å². The van der Waals surface area contributed by atoms with Gasteiger partial charge in [0.05, 0.1) is 0 Å². The van der Waals surface area contributed by atoms with Gasteiger partial charge in [0.25, 0.3) is 0 Å². The summed E-state index contributed by atoms with van der Waals surface area (Å²) in [5.41, 5.74) is 6.18. The molecule has 0 bridgehead atoms. The van der Waals surface area contributed by atoms with E-state index in [2.05, 4.69) is 15.3 Å². The summed E-state index contributed by atoms with van der Waals surface area (Å²) in [7, 11) is 0. The molecule has 1 fully saturated rings. The molecule has 0 radical (unpaired) electrons. The number of hydrogen-bond donors (Lipinski definition) is 2. The largest absolute Gasteiger partial charge is 0.354 e. The second-order valence-corrected chi connectivity index (χ2v) is 4.69. The van der Waals surface area contributed by atoms with E-state index >= 15 is 0 Å². The second-order valence-electron chi connectivity index (χ2n) is 4.69. The molecule has 3 N–H and O–H groups in total. The summed E-state index contributed by atoms with van der Waals surface area (Å²) >= 11 is 0. The maximum Gasteiger partial charge on any atom is 0.222 e. The minimum absolute atomic E-state index is 0.261. The number of anilines is 1. The first-order valence-electron chi connectivity index (χ1n) is 6.06.